The number of nitrogens with zero attached hydrogens (tertiary/aromatic N) is 2. The molecule has 25 heavy (non-hydrogen) atoms. The van der Waals surface area contributed by atoms with Crippen molar-refractivity contribution in [2.45, 2.75) is 32.6 Å². The van der Waals surface area contributed by atoms with E-state index in [1.165, 1.54) is 0 Å². The SMILES string of the molecule is COCCN1C(N)=C(C#N)[C@H](c2ccco2)C2=C1CC(C)(C)CC2=O. The predicted molar refractivity (Wildman–Crippen MR) is 91.9 cm³/mol. The number of ketones is 1. The topological polar surface area (TPSA) is 92.5 Å². The van der Waals surface area contributed by atoms with Crippen LogP contribution in [0.25, 0.3) is 0 Å². The Morgan fingerprint density at radius 3 is 2.84 bits per heavy atom. The Morgan fingerprint density at radius 2 is 2.24 bits per heavy atom. The number of carbonyl (C=O) groups is 1. The molecule has 0 saturated carbocycles. The van der Waals surface area contributed by atoms with Gasteiger partial charge in [-0.25, -0.2) is 0 Å². The zero-order valence-corrected chi connectivity index (χ0v) is 14.8. The third-order valence-electron chi connectivity index (χ3n) is 4.83. The smallest absolute Gasteiger partial charge is 0.162 e. The Hall–Kier alpha value is -2.52. The summed E-state index contributed by atoms with van der Waals surface area (Å²) in [5.74, 6) is 0.476. The van der Waals surface area contributed by atoms with Gasteiger partial charge >= 0.3 is 0 Å². The van der Waals surface area contributed by atoms with Crippen molar-refractivity contribution in [3.05, 3.63) is 46.8 Å². The summed E-state index contributed by atoms with van der Waals surface area (Å²) >= 11 is 0. The number of furan rings is 1. The van der Waals surface area contributed by atoms with Crippen LogP contribution < -0.4 is 5.73 Å². The van der Waals surface area contributed by atoms with Crippen LogP contribution in [0.4, 0.5) is 0 Å². The van der Waals surface area contributed by atoms with Crippen LogP contribution in [0.3, 0.4) is 0 Å². The van der Waals surface area contributed by atoms with Gasteiger partial charge < -0.3 is 19.8 Å². The van der Waals surface area contributed by atoms with Crippen molar-refractivity contribution in [3.63, 3.8) is 0 Å². The average Bonchev–Trinajstić information content (AvgIpc) is 3.06. The second-order valence-electron chi connectivity index (χ2n) is 7.30. The number of allylic oxidation sites excluding steroid dienone is 3. The van der Waals surface area contributed by atoms with Crippen molar-refractivity contribution in [2.75, 3.05) is 20.3 Å². The summed E-state index contributed by atoms with van der Waals surface area (Å²) < 4.78 is 10.7. The van der Waals surface area contributed by atoms with Crippen molar-refractivity contribution >= 4 is 5.78 Å². The summed E-state index contributed by atoms with van der Waals surface area (Å²) in [7, 11) is 1.62. The van der Waals surface area contributed by atoms with Crippen LogP contribution in [0.2, 0.25) is 0 Å². The first-order valence-electron chi connectivity index (χ1n) is 8.35. The summed E-state index contributed by atoms with van der Waals surface area (Å²) in [6, 6.07) is 5.75. The fourth-order valence-electron chi connectivity index (χ4n) is 3.75. The molecule has 1 aromatic heterocycles. The van der Waals surface area contributed by atoms with Gasteiger partial charge in [0.15, 0.2) is 5.78 Å². The van der Waals surface area contributed by atoms with Gasteiger partial charge in [-0.05, 0) is 24.0 Å². The Morgan fingerprint density at radius 1 is 1.48 bits per heavy atom. The summed E-state index contributed by atoms with van der Waals surface area (Å²) in [5.41, 5.74) is 8.08. The number of nitrogens with two attached hydrogens (primary N) is 1. The zero-order chi connectivity index (χ0) is 18.2. The van der Waals surface area contributed by atoms with Crippen LogP contribution in [-0.2, 0) is 9.53 Å². The van der Waals surface area contributed by atoms with Crippen molar-refractivity contribution in [1.29, 1.82) is 5.26 Å². The van der Waals surface area contributed by atoms with Crippen LogP contribution in [0.1, 0.15) is 38.4 Å². The normalized spacial score (nSPS) is 22.9. The molecule has 1 aliphatic heterocycles. The van der Waals surface area contributed by atoms with Gasteiger partial charge in [-0.15, -0.1) is 0 Å². The van der Waals surface area contributed by atoms with E-state index in [4.69, 9.17) is 14.9 Å². The van der Waals surface area contributed by atoms with Gasteiger partial charge in [0.25, 0.3) is 0 Å². The number of carbonyl (C=O) groups excluding carboxylic acids is 1. The number of hydrogen-bond donors (Lipinski definition) is 1. The van der Waals surface area contributed by atoms with E-state index in [1.807, 2.05) is 4.90 Å². The zero-order valence-electron chi connectivity index (χ0n) is 14.8. The van der Waals surface area contributed by atoms with Crippen LogP contribution >= 0.6 is 0 Å². The van der Waals surface area contributed by atoms with E-state index in [0.717, 1.165) is 5.70 Å². The van der Waals surface area contributed by atoms with E-state index in [0.29, 0.717) is 48.7 Å². The maximum absolute atomic E-state index is 13.0. The van der Waals surface area contributed by atoms with Gasteiger partial charge in [0.1, 0.15) is 11.6 Å². The van der Waals surface area contributed by atoms with Crippen LogP contribution in [-0.4, -0.2) is 30.9 Å². The van der Waals surface area contributed by atoms with E-state index in [2.05, 4.69) is 19.9 Å². The Balaban J connectivity index is 2.19. The molecule has 1 aliphatic carbocycles. The van der Waals surface area contributed by atoms with Crippen LogP contribution in [0.5, 0.6) is 0 Å². The molecule has 1 atom stereocenters. The fourth-order valence-corrected chi connectivity index (χ4v) is 3.75. The second-order valence-corrected chi connectivity index (χ2v) is 7.30. The molecule has 0 spiro atoms. The van der Waals surface area contributed by atoms with E-state index in [9.17, 15) is 10.1 Å². The standard InChI is InChI=1S/C19H23N3O3/c1-19(2)9-13-17(14(23)10-19)16(15-5-4-7-25-15)12(11-20)18(21)22(13)6-8-24-3/h4-5,7,16H,6,8-10,21H2,1-3H3/t16-/m1/s1. The van der Waals surface area contributed by atoms with Crippen LogP contribution in [0.15, 0.2) is 45.5 Å². The third kappa shape index (κ3) is 2.96. The maximum Gasteiger partial charge on any atom is 0.162 e. The number of ether oxygens (including phenoxy) is 1. The highest BCUT2D eigenvalue weighted by atomic mass is 16.5. The number of Topliss-reactive ketones (excluding diaryl/α,β-unsaturated/α-hetero) is 1. The molecule has 2 heterocycles. The van der Waals surface area contributed by atoms with Crippen molar-refractivity contribution in [3.8, 4) is 6.07 Å². The molecule has 3 rings (SSSR count). The lowest BCUT2D eigenvalue weighted by molar-refractivity contribution is -0.118. The molecule has 132 valence electrons. The first kappa shape index (κ1) is 17.3. The summed E-state index contributed by atoms with van der Waals surface area (Å²) in [6.45, 7) is 5.10. The molecule has 0 amide bonds. The summed E-state index contributed by atoms with van der Waals surface area (Å²) in [4.78, 5) is 14.9. The largest absolute Gasteiger partial charge is 0.468 e. The van der Waals surface area contributed by atoms with E-state index in [1.54, 1.807) is 25.5 Å². The van der Waals surface area contributed by atoms with Gasteiger partial charge in [0.05, 0.1) is 30.4 Å². The molecule has 0 aromatic carbocycles. The monoisotopic (exact) mass is 341 g/mol. The Kier molecular flexibility index (Phi) is 4.44. The average molecular weight is 341 g/mol. The lowest BCUT2D eigenvalue weighted by Gasteiger charge is -2.43. The number of rotatable bonds is 4. The molecule has 6 heteroatoms. The second kappa shape index (κ2) is 6.41. The maximum atomic E-state index is 13.0. The molecule has 6 nitrogen and oxygen atoms in total. The molecule has 0 unspecified atom stereocenters. The molecule has 0 saturated heterocycles. The molecule has 1 aromatic rings. The van der Waals surface area contributed by atoms with Gasteiger partial charge in [0, 0.05) is 31.3 Å². The Bertz CT molecular complexity index is 781. The third-order valence-corrected chi connectivity index (χ3v) is 4.83. The van der Waals surface area contributed by atoms with Crippen LogP contribution in [0, 0.1) is 16.7 Å². The molecule has 0 radical (unpaired) electrons. The van der Waals surface area contributed by atoms with Gasteiger partial charge in [-0.1, -0.05) is 13.8 Å². The highest BCUT2D eigenvalue weighted by Crippen LogP contribution is 2.48. The first-order chi connectivity index (χ1) is 11.9. The summed E-state index contributed by atoms with van der Waals surface area (Å²) in [5, 5.41) is 9.73. The fraction of sp³-hybridized carbons (Fsp3) is 0.474. The van der Waals surface area contributed by atoms with E-state index < -0.39 is 5.92 Å². The number of nitriles is 1. The highest BCUT2D eigenvalue weighted by Gasteiger charge is 2.44. The van der Waals surface area contributed by atoms with Crippen molar-refractivity contribution in [2.24, 2.45) is 11.1 Å². The number of hydrogen-bond acceptors (Lipinski definition) is 6. The summed E-state index contributed by atoms with van der Waals surface area (Å²) in [6.07, 6.45) is 2.71. The molecule has 0 fully saturated rings. The van der Waals surface area contributed by atoms with E-state index in [-0.39, 0.29) is 11.2 Å². The minimum atomic E-state index is -0.530. The molecule has 2 N–H and O–H groups in total. The Labute approximate surface area is 147 Å². The van der Waals surface area contributed by atoms with E-state index >= 15 is 0 Å². The number of methoxy groups -OCH3 is 1. The minimum Gasteiger partial charge on any atom is -0.468 e. The van der Waals surface area contributed by atoms with Crippen molar-refractivity contribution < 1.29 is 13.9 Å². The predicted octanol–water partition coefficient (Wildman–Crippen LogP) is 2.66. The lowest BCUT2D eigenvalue weighted by Crippen LogP contribution is -2.43. The molecule has 0 bridgehead atoms. The molecular formula is C19H23N3O3. The van der Waals surface area contributed by atoms with Gasteiger partial charge in [0.2, 0.25) is 0 Å². The first-order valence-corrected chi connectivity index (χ1v) is 8.35. The highest BCUT2D eigenvalue weighted by molar-refractivity contribution is 6.00. The van der Waals surface area contributed by atoms with Crippen molar-refractivity contribution in [1.82, 2.24) is 4.90 Å². The molecule has 2 aliphatic rings. The van der Waals surface area contributed by atoms with Gasteiger partial charge in [-0.3, -0.25) is 4.79 Å². The quantitative estimate of drug-likeness (QED) is 0.905. The minimum absolute atomic E-state index is 0.0512. The molecular weight excluding hydrogens is 318 g/mol. The lowest BCUT2D eigenvalue weighted by atomic mass is 9.69. The van der Waals surface area contributed by atoms with Gasteiger partial charge in [-0.2, -0.15) is 5.26 Å².